The number of rotatable bonds is 3. The van der Waals surface area contributed by atoms with E-state index >= 15 is 0 Å². The molecule has 0 saturated carbocycles. The minimum Gasteiger partial charge on any atom is -0.339 e. The number of amides is 1. The monoisotopic (exact) mass is 195 g/mol. The van der Waals surface area contributed by atoms with Gasteiger partial charge in [-0.05, 0) is 6.42 Å². The predicted octanol–water partition coefficient (Wildman–Crippen LogP) is -0.841. The van der Waals surface area contributed by atoms with Crippen molar-refractivity contribution < 1.29 is 4.79 Å². The number of piperazine rings is 1. The van der Waals surface area contributed by atoms with Crippen LogP contribution in [0, 0.1) is 12.3 Å². The van der Waals surface area contributed by atoms with Gasteiger partial charge in [0.05, 0.1) is 6.04 Å². The summed E-state index contributed by atoms with van der Waals surface area (Å²) >= 11 is 0. The smallest absolute Gasteiger partial charge is 0.239 e. The summed E-state index contributed by atoms with van der Waals surface area (Å²) in [6, 6.07) is -0.427. The summed E-state index contributed by atoms with van der Waals surface area (Å²) in [6.45, 7) is 3.21. The van der Waals surface area contributed by atoms with Gasteiger partial charge >= 0.3 is 0 Å². The topological polar surface area (TPSA) is 58.4 Å². The van der Waals surface area contributed by atoms with E-state index in [0.717, 1.165) is 26.2 Å². The summed E-state index contributed by atoms with van der Waals surface area (Å²) < 4.78 is 0. The average molecular weight is 195 g/mol. The normalized spacial score (nSPS) is 18.7. The lowest BCUT2D eigenvalue weighted by molar-refractivity contribution is -0.133. The molecule has 1 aliphatic rings. The lowest BCUT2D eigenvalue weighted by Gasteiger charge is -2.29. The summed E-state index contributed by atoms with van der Waals surface area (Å²) in [5.74, 6) is 2.52. The molecule has 0 bridgehead atoms. The van der Waals surface area contributed by atoms with Crippen LogP contribution in [0.15, 0.2) is 0 Å². The maximum Gasteiger partial charge on any atom is 0.239 e. The van der Waals surface area contributed by atoms with Crippen LogP contribution in [0.1, 0.15) is 12.8 Å². The van der Waals surface area contributed by atoms with E-state index in [1.54, 1.807) is 4.90 Å². The minimum atomic E-state index is -0.427. The number of carbonyl (C=O) groups is 1. The third kappa shape index (κ3) is 3.02. The summed E-state index contributed by atoms with van der Waals surface area (Å²) in [4.78, 5) is 13.5. The van der Waals surface area contributed by atoms with E-state index < -0.39 is 6.04 Å². The first-order chi connectivity index (χ1) is 6.75. The molecule has 14 heavy (non-hydrogen) atoms. The van der Waals surface area contributed by atoms with Gasteiger partial charge in [0.2, 0.25) is 5.91 Å². The Labute approximate surface area is 84.8 Å². The molecule has 3 N–H and O–H groups in total. The molecule has 0 aromatic heterocycles. The fourth-order valence-corrected chi connectivity index (χ4v) is 1.48. The van der Waals surface area contributed by atoms with Gasteiger partial charge in [-0.1, -0.05) is 0 Å². The van der Waals surface area contributed by atoms with Crippen LogP contribution in [0.4, 0.5) is 0 Å². The van der Waals surface area contributed by atoms with Crippen LogP contribution in [-0.4, -0.2) is 43.0 Å². The largest absolute Gasteiger partial charge is 0.339 e. The van der Waals surface area contributed by atoms with Gasteiger partial charge in [-0.2, -0.15) is 0 Å². The lowest BCUT2D eigenvalue weighted by atomic mass is 10.1. The van der Waals surface area contributed by atoms with Crippen molar-refractivity contribution in [3.8, 4) is 12.3 Å². The summed E-state index contributed by atoms with van der Waals surface area (Å²) in [7, 11) is 0. The summed E-state index contributed by atoms with van der Waals surface area (Å²) in [5.41, 5.74) is 5.73. The zero-order valence-corrected chi connectivity index (χ0v) is 8.33. The van der Waals surface area contributed by atoms with E-state index in [1.807, 2.05) is 0 Å². The molecule has 1 unspecified atom stereocenters. The van der Waals surface area contributed by atoms with Crippen LogP contribution in [0.2, 0.25) is 0 Å². The number of nitrogens with zero attached hydrogens (tertiary/aromatic N) is 1. The van der Waals surface area contributed by atoms with Gasteiger partial charge in [0.1, 0.15) is 0 Å². The fraction of sp³-hybridized carbons (Fsp3) is 0.700. The lowest BCUT2D eigenvalue weighted by Crippen LogP contribution is -2.51. The van der Waals surface area contributed by atoms with Crippen LogP contribution >= 0.6 is 0 Å². The Morgan fingerprint density at radius 1 is 1.57 bits per heavy atom. The predicted molar refractivity (Wildman–Crippen MR) is 55.5 cm³/mol. The van der Waals surface area contributed by atoms with Gasteiger partial charge < -0.3 is 16.0 Å². The van der Waals surface area contributed by atoms with Gasteiger partial charge in [0.15, 0.2) is 0 Å². The summed E-state index contributed by atoms with van der Waals surface area (Å²) in [5, 5.41) is 3.18. The highest BCUT2D eigenvalue weighted by molar-refractivity contribution is 5.81. The zero-order chi connectivity index (χ0) is 10.4. The molecule has 0 aromatic rings. The Balaban J connectivity index is 2.35. The molecule has 1 rings (SSSR count). The Morgan fingerprint density at radius 2 is 2.21 bits per heavy atom. The van der Waals surface area contributed by atoms with Crippen LogP contribution < -0.4 is 11.1 Å². The molecule has 1 saturated heterocycles. The molecule has 0 aromatic carbocycles. The number of hydrogen-bond acceptors (Lipinski definition) is 3. The Kier molecular flexibility index (Phi) is 4.44. The zero-order valence-electron chi connectivity index (χ0n) is 8.33. The molecule has 1 atom stereocenters. The Bertz CT molecular complexity index is 228. The van der Waals surface area contributed by atoms with Crippen molar-refractivity contribution in [3.63, 3.8) is 0 Å². The molecule has 4 nitrogen and oxygen atoms in total. The van der Waals surface area contributed by atoms with Crippen LogP contribution in [0.3, 0.4) is 0 Å². The Morgan fingerprint density at radius 3 is 2.79 bits per heavy atom. The van der Waals surface area contributed by atoms with Crippen molar-refractivity contribution >= 4 is 5.91 Å². The van der Waals surface area contributed by atoms with E-state index in [-0.39, 0.29) is 5.91 Å². The molecule has 0 radical (unpaired) electrons. The second-order valence-electron chi connectivity index (χ2n) is 3.42. The SMILES string of the molecule is C#CCCC(N)C(=O)N1CCNCC1. The highest BCUT2D eigenvalue weighted by Crippen LogP contribution is 2.01. The molecule has 4 heteroatoms. The molecular formula is C10H17N3O. The van der Waals surface area contributed by atoms with Crippen molar-refractivity contribution in [2.75, 3.05) is 26.2 Å². The van der Waals surface area contributed by atoms with E-state index in [9.17, 15) is 4.79 Å². The third-order valence-electron chi connectivity index (χ3n) is 2.35. The second kappa shape index (κ2) is 5.63. The van der Waals surface area contributed by atoms with E-state index in [1.165, 1.54) is 0 Å². The third-order valence-corrected chi connectivity index (χ3v) is 2.35. The van der Waals surface area contributed by atoms with Gasteiger partial charge in [-0.25, -0.2) is 0 Å². The average Bonchev–Trinajstić information content (AvgIpc) is 2.26. The number of nitrogens with two attached hydrogens (primary N) is 1. The van der Waals surface area contributed by atoms with Gasteiger partial charge in [0, 0.05) is 32.6 Å². The maximum absolute atomic E-state index is 11.7. The highest BCUT2D eigenvalue weighted by atomic mass is 16.2. The van der Waals surface area contributed by atoms with Crippen molar-refractivity contribution in [1.82, 2.24) is 10.2 Å². The van der Waals surface area contributed by atoms with Gasteiger partial charge in [-0.15, -0.1) is 12.3 Å². The molecular weight excluding hydrogens is 178 g/mol. The second-order valence-corrected chi connectivity index (χ2v) is 3.42. The van der Waals surface area contributed by atoms with Crippen LogP contribution in [0.5, 0.6) is 0 Å². The van der Waals surface area contributed by atoms with Crippen LogP contribution in [-0.2, 0) is 4.79 Å². The molecule has 1 amide bonds. The van der Waals surface area contributed by atoms with E-state index in [0.29, 0.717) is 12.8 Å². The van der Waals surface area contributed by atoms with Crippen molar-refractivity contribution in [1.29, 1.82) is 0 Å². The first-order valence-electron chi connectivity index (χ1n) is 4.94. The maximum atomic E-state index is 11.7. The first-order valence-corrected chi connectivity index (χ1v) is 4.94. The van der Waals surface area contributed by atoms with Crippen LogP contribution in [0.25, 0.3) is 0 Å². The van der Waals surface area contributed by atoms with Crippen molar-refractivity contribution in [2.45, 2.75) is 18.9 Å². The fourth-order valence-electron chi connectivity index (χ4n) is 1.48. The standard InChI is InChI=1S/C10H17N3O/c1-2-3-4-9(11)10(14)13-7-5-12-6-8-13/h1,9,12H,3-8,11H2. The summed E-state index contributed by atoms with van der Waals surface area (Å²) in [6.07, 6.45) is 6.27. The quantitative estimate of drug-likeness (QED) is 0.577. The number of carbonyl (C=O) groups excluding carboxylic acids is 1. The molecule has 0 aliphatic carbocycles. The van der Waals surface area contributed by atoms with E-state index in [4.69, 9.17) is 12.2 Å². The Hall–Kier alpha value is -1.05. The molecule has 1 fully saturated rings. The van der Waals surface area contributed by atoms with Gasteiger partial charge in [-0.3, -0.25) is 4.79 Å². The number of nitrogens with one attached hydrogen (secondary N) is 1. The van der Waals surface area contributed by atoms with Crippen molar-refractivity contribution in [2.24, 2.45) is 5.73 Å². The molecule has 1 aliphatic heterocycles. The molecule has 78 valence electrons. The highest BCUT2D eigenvalue weighted by Gasteiger charge is 2.21. The molecule has 0 spiro atoms. The van der Waals surface area contributed by atoms with E-state index in [2.05, 4.69) is 11.2 Å². The minimum absolute atomic E-state index is 0.0294. The van der Waals surface area contributed by atoms with Gasteiger partial charge in [0.25, 0.3) is 0 Å². The number of hydrogen-bond donors (Lipinski definition) is 2. The molecule has 1 heterocycles. The number of terminal acetylenes is 1. The van der Waals surface area contributed by atoms with Crippen molar-refractivity contribution in [3.05, 3.63) is 0 Å². The first kappa shape index (κ1) is 11.0.